The summed E-state index contributed by atoms with van der Waals surface area (Å²) in [7, 11) is 0. The molecular formula is C12H12Cl4O4. The number of halogens is 4. The van der Waals surface area contributed by atoms with Crippen LogP contribution < -0.4 is 0 Å². The quantitative estimate of drug-likeness (QED) is 0.567. The molecule has 0 amide bonds. The van der Waals surface area contributed by atoms with Crippen LogP contribution in [0, 0.1) is 5.92 Å². The fraction of sp³-hybridized carbons (Fsp3) is 0.500. The van der Waals surface area contributed by atoms with Crippen molar-refractivity contribution in [3.8, 4) is 0 Å². The fourth-order valence-corrected chi connectivity index (χ4v) is 2.94. The Morgan fingerprint density at radius 3 is 2.25 bits per heavy atom. The molecule has 0 aromatic rings. The number of hydrogen-bond donors (Lipinski definition) is 0. The molecule has 1 aliphatic rings. The summed E-state index contributed by atoms with van der Waals surface area (Å²) < 4.78 is 7.92. The standard InChI is InChI=1S/C12H12Cl4O4/c1-3-19-10(17)6-5-12(15,16)7(9(14)8(6)13)11(18)20-4-2/h5,7H,3-4H2,1-2H3. The van der Waals surface area contributed by atoms with Gasteiger partial charge < -0.3 is 9.47 Å². The second kappa shape index (κ2) is 7.03. The predicted molar refractivity (Wildman–Crippen MR) is 78.0 cm³/mol. The van der Waals surface area contributed by atoms with Crippen molar-refractivity contribution in [3.05, 3.63) is 21.7 Å². The SMILES string of the molecule is CCOC(=O)C1=CC(Cl)(Cl)C(C(=O)OCC)C(Cl)=C1Cl. The first kappa shape index (κ1) is 17.6. The Hall–Kier alpha value is -0.420. The predicted octanol–water partition coefficient (Wildman–Crippen LogP) is 3.53. The van der Waals surface area contributed by atoms with Crippen molar-refractivity contribution in [2.24, 2.45) is 5.92 Å². The van der Waals surface area contributed by atoms with Gasteiger partial charge in [-0.2, -0.15) is 0 Å². The molecule has 1 unspecified atom stereocenters. The molecule has 0 aromatic heterocycles. The van der Waals surface area contributed by atoms with E-state index in [-0.39, 0.29) is 28.9 Å². The van der Waals surface area contributed by atoms with Crippen LogP contribution in [-0.2, 0) is 19.1 Å². The minimum Gasteiger partial charge on any atom is -0.465 e. The number of ether oxygens (including phenoxy) is 2. The van der Waals surface area contributed by atoms with Crippen molar-refractivity contribution in [3.63, 3.8) is 0 Å². The average Bonchev–Trinajstić information content (AvgIpc) is 2.34. The summed E-state index contributed by atoms with van der Waals surface area (Å²) in [6.07, 6.45) is 1.14. The molecule has 0 aliphatic heterocycles. The Labute approximate surface area is 136 Å². The Balaban J connectivity index is 3.21. The zero-order valence-electron chi connectivity index (χ0n) is 10.7. The second-order valence-electron chi connectivity index (χ2n) is 3.80. The lowest BCUT2D eigenvalue weighted by Crippen LogP contribution is -2.37. The van der Waals surface area contributed by atoms with E-state index in [4.69, 9.17) is 55.9 Å². The molecule has 1 rings (SSSR count). The van der Waals surface area contributed by atoms with Crippen molar-refractivity contribution in [1.82, 2.24) is 0 Å². The molecule has 1 aliphatic carbocycles. The minimum absolute atomic E-state index is 0.0796. The second-order valence-corrected chi connectivity index (χ2v) is 6.03. The van der Waals surface area contributed by atoms with Gasteiger partial charge in [-0.1, -0.05) is 46.4 Å². The van der Waals surface area contributed by atoms with Gasteiger partial charge >= 0.3 is 11.9 Å². The third-order valence-corrected chi connectivity index (χ3v) is 4.00. The minimum atomic E-state index is -1.75. The number of rotatable bonds is 4. The number of esters is 2. The van der Waals surface area contributed by atoms with E-state index in [0.717, 1.165) is 6.08 Å². The van der Waals surface area contributed by atoms with E-state index in [1.54, 1.807) is 13.8 Å². The highest BCUT2D eigenvalue weighted by Gasteiger charge is 2.47. The van der Waals surface area contributed by atoms with Gasteiger partial charge in [-0.3, -0.25) is 4.79 Å². The molecule has 0 fully saturated rings. The van der Waals surface area contributed by atoms with Gasteiger partial charge in [0, 0.05) is 0 Å². The van der Waals surface area contributed by atoms with Gasteiger partial charge in [-0.25, -0.2) is 4.79 Å². The molecule has 0 radical (unpaired) electrons. The largest absolute Gasteiger partial charge is 0.465 e. The average molecular weight is 362 g/mol. The van der Waals surface area contributed by atoms with Crippen LogP contribution in [0.4, 0.5) is 0 Å². The highest BCUT2D eigenvalue weighted by atomic mass is 35.5. The first-order chi connectivity index (χ1) is 9.26. The summed E-state index contributed by atoms with van der Waals surface area (Å²) in [5, 5.41) is -0.277. The maximum absolute atomic E-state index is 11.9. The highest BCUT2D eigenvalue weighted by Crippen LogP contribution is 2.47. The number of alkyl halides is 2. The van der Waals surface area contributed by atoms with Gasteiger partial charge in [0.1, 0.15) is 5.92 Å². The van der Waals surface area contributed by atoms with Gasteiger partial charge in [0.2, 0.25) is 0 Å². The van der Waals surface area contributed by atoms with Gasteiger partial charge in [-0.05, 0) is 19.9 Å². The van der Waals surface area contributed by atoms with Crippen LogP contribution in [0.5, 0.6) is 0 Å². The molecule has 0 spiro atoms. The maximum atomic E-state index is 11.9. The Bertz CT molecular complexity index is 482. The van der Waals surface area contributed by atoms with Crippen LogP contribution in [0.3, 0.4) is 0 Å². The van der Waals surface area contributed by atoms with Gasteiger partial charge in [0.05, 0.1) is 28.9 Å². The molecule has 0 N–H and O–H groups in total. The van der Waals surface area contributed by atoms with E-state index in [1.165, 1.54) is 0 Å². The highest BCUT2D eigenvalue weighted by molar-refractivity contribution is 6.54. The molecule has 0 saturated carbocycles. The number of allylic oxidation sites excluding steroid dienone is 1. The topological polar surface area (TPSA) is 52.6 Å². The van der Waals surface area contributed by atoms with Crippen LogP contribution in [0.1, 0.15) is 13.8 Å². The summed E-state index contributed by atoms with van der Waals surface area (Å²) in [6.45, 7) is 3.55. The maximum Gasteiger partial charge on any atom is 0.339 e. The third kappa shape index (κ3) is 3.61. The molecule has 8 heteroatoms. The van der Waals surface area contributed by atoms with Crippen molar-refractivity contribution in [1.29, 1.82) is 0 Å². The van der Waals surface area contributed by atoms with Crippen LogP contribution in [0.2, 0.25) is 0 Å². The van der Waals surface area contributed by atoms with E-state index in [9.17, 15) is 9.59 Å². The number of hydrogen-bond acceptors (Lipinski definition) is 4. The van der Waals surface area contributed by atoms with Gasteiger partial charge in [0.25, 0.3) is 0 Å². The first-order valence-corrected chi connectivity index (χ1v) is 7.27. The third-order valence-electron chi connectivity index (χ3n) is 2.44. The van der Waals surface area contributed by atoms with Gasteiger partial charge in [0.15, 0.2) is 4.33 Å². The lowest BCUT2D eigenvalue weighted by molar-refractivity contribution is -0.146. The Morgan fingerprint density at radius 2 is 1.75 bits per heavy atom. The summed E-state index contributed by atoms with van der Waals surface area (Å²) in [5.74, 6) is -2.64. The van der Waals surface area contributed by atoms with Crippen LogP contribution >= 0.6 is 46.4 Å². The van der Waals surface area contributed by atoms with Crippen LogP contribution in [0.15, 0.2) is 21.7 Å². The van der Waals surface area contributed by atoms with Crippen molar-refractivity contribution < 1.29 is 19.1 Å². The van der Waals surface area contributed by atoms with E-state index >= 15 is 0 Å². The molecule has 112 valence electrons. The molecule has 4 nitrogen and oxygen atoms in total. The van der Waals surface area contributed by atoms with E-state index in [0.29, 0.717) is 0 Å². The molecule has 0 heterocycles. The smallest absolute Gasteiger partial charge is 0.339 e. The van der Waals surface area contributed by atoms with Crippen LogP contribution in [-0.4, -0.2) is 29.5 Å². The molecule has 20 heavy (non-hydrogen) atoms. The normalized spacial score (nSPS) is 21.3. The van der Waals surface area contributed by atoms with E-state index in [2.05, 4.69) is 0 Å². The van der Waals surface area contributed by atoms with Crippen molar-refractivity contribution in [2.45, 2.75) is 18.2 Å². The molecule has 1 atom stereocenters. The van der Waals surface area contributed by atoms with Crippen molar-refractivity contribution >= 4 is 58.3 Å². The summed E-state index contributed by atoms with van der Waals surface area (Å²) in [5.41, 5.74) is -0.0796. The monoisotopic (exact) mass is 360 g/mol. The summed E-state index contributed by atoms with van der Waals surface area (Å²) in [6, 6.07) is 0. The van der Waals surface area contributed by atoms with E-state index < -0.39 is 22.2 Å². The van der Waals surface area contributed by atoms with Gasteiger partial charge in [-0.15, -0.1) is 0 Å². The lowest BCUT2D eigenvalue weighted by atomic mass is 9.95. The molecular weight excluding hydrogens is 350 g/mol. The fourth-order valence-electron chi connectivity index (χ4n) is 1.61. The number of carbonyl (C=O) groups is 2. The van der Waals surface area contributed by atoms with Crippen molar-refractivity contribution in [2.75, 3.05) is 13.2 Å². The zero-order valence-corrected chi connectivity index (χ0v) is 13.7. The summed E-state index contributed by atoms with van der Waals surface area (Å²) in [4.78, 5) is 23.6. The number of carbonyl (C=O) groups excluding carboxylic acids is 2. The Morgan fingerprint density at radius 1 is 1.20 bits per heavy atom. The zero-order chi connectivity index (χ0) is 15.5. The van der Waals surface area contributed by atoms with Crippen LogP contribution in [0.25, 0.3) is 0 Å². The van der Waals surface area contributed by atoms with E-state index in [1.807, 2.05) is 0 Å². The summed E-state index contributed by atoms with van der Waals surface area (Å²) >= 11 is 24.1. The Kier molecular flexibility index (Phi) is 6.20. The molecule has 0 bridgehead atoms. The first-order valence-electron chi connectivity index (χ1n) is 5.76. The molecule has 0 aromatic carbocycles. The lowest BCUT2D eigenvalue weighted by Gasteiger charge is -2.30. The molecule has 0 saturated heterocycles.